The minimum atomic E-state index is 0.0914. The number of amides is 2. The zero-order valence-corrected chi connectivity index (χ0v) is 9.05. The van der Waals surface area contributed by atoms with Crippen molar-refractivity contribution >= 4 is 6.03 Å². The van der Waals surface area contributed by atoms with Gasteiger partial charge in [0.25, 0.3) is 0 Å². The lowest BCUT2D eigenvalue weighted by atomic mass is 9.85. The molecule has 3 nitrogen and oxygen atoms in total. The molecule has 0 aromatic heterocycles. The van der Waals surface area contributed by atoms with E-state index in [9.17, 15) is 4.79 Å². The van der Waals surface area contributed by atoms with Gasteiger partial charge in [-0.25, -0.2) is 4.79 Å². The molecule has 0 aromatic carbocycles. The fourth-order valence-corrected chi connectivity index (χ4v) is 1.53. The Morgan fingerprint density at radius 3 is 2.46 bits per heavy atom. The third-order valence-corrected chi connectivity index (χ3v) is 2.51. The van der Waals surface area contributed by atoms with Gasteiger partial charge in [0.05, 0.1) is 0 Å². The predicted molar refractivity (Wildman–Crippen MR) is 53.6 cm³/mol. The Morgan fingerprint density at radius 1 is 1.54 bits per heavy atom. The summed E-state index contributed by atoms with van der Waals surface area (Å²) in [7, 11) is 0. The summed E-state index contributed by atoms with van der Waals surface area (Å²) in [6.07, 6.45) is 0.989. The summed E-state index contributed by atoms with van der Waals surface area (Å²) in [5.74, 6) is 0. The molecule has 1 N–H and O–H groups in total. The molecule has 0 aromatic rings. The Bertz CT molecular complexity index is 193. The van der Waals surface area contributed by atoms with Crippen molar-refractivity contribution in [3.8, 4) is 0 Å². The second-order valence-corrected chi connectivity index (χ2v) is 4.78. The summed E-state index contributed by atoms with van der Waals surface area (Å²) in [5.41, 5.74) is 0.326. The van der Waals surface area contributed by atoms with Crippen LogP contribution in [0, 0.1) is 5.41 Å². The van der Waals surface area contributed by atoms with Crippen LogP contribution in [-0.2, 0) is 0 Å². The van der Waals surface area contributed by atoms with Gasteiger partial charge in [0.1, 0.15) is 0 Å². The van der Waals surface area contributed by atoms with Crippen molar-refractivity contribution in [2.75, 3.05) is 13.1 Å². The second-order valence-electron chi connectivity index (χ2n) is 4.78. The first-order valence-corrected chi connectivity index (χ1v) is 5.00. The normalized spacial score (nSPS) is 22.0. The lowest BCUT2D eigenvalue weighted by Crippen LogP contribution is -2.59. The molecule has 2 amide bonds. The van der Waals surface area contributed by atoms with E-state index in [0.717, 1.165) is 19.5 Å². The average molecular weight is 184 g/mol. The van der Waals surface area contributed by atoms with Gasteiger partial charge in [0.15, 0.2) is 0 Å². The zero-order valence-electron chi connectivity index (χ0n) is 9.05. The lowest BCUT2D eigenvalue weighted by molar-refractivity contribution is 0.0605. The molecule has 1 unspecified atom stereocenters. The number of hydrogen-bond donors (Lipinski definition) is 1. The average Bonchev–Trinajstić information content (AvgIpc) is 1.99. The summed E-state index contributed by atoms with van der Waals surface area (Å²) in [6, 6.07) is 0.380. The van der Waals surface area contributed by atoms with Crippen molar-refractivity contribution in [3.63, 3.8) is 0 Å². The Labute approximate surface area is 80.5 Å². The van der Waals surface area contributed by atoms with E-state index >= 15 is 0 Å². The predicted octanol–water partition coefficient (Wildman–Crippen LogP) is 1.84. The van der Waals surface area contributed by atoms with E-state index < -0.39 is 0 Å². The Morgan fingerprint density at radius 2 is 2.08 bits per heavy atom. The summed E-state index contributed by atoms with van der Waals surface area (Å²) in [6.45, 7) is 10.2. The van der Waals surface area contributed by atoms with E-state index in [1.165, 1.54) is 0 Å². The maximum Gasteiger partial charge on any atom is 0.317 e. The molecule has 0 aliphatic carbocycles. The van der Waals surface area contributed by atoms with Crippen LogP contribution in [0.1, 0.15) is 34.1 Å². The third-order valence-electron chi connectivity index (χ3n) is 2.51. The third kappa shape index (κ3) is 2.61. The number of hydrogen-bond acceptors (Lipinski definition) is 1. The summed E-state index contributed by atoms with van der Waals surface area (Å²) < 4.78 is 0. The molecule has 1 atom stereocenters. The number of urea groups is 1. The Hall–Kier alpha value is -0.730. The second kappa shape index (κ2) is 3.56. The van der Waals surface area contributed by atoms with Gasteiger partial charge in [-0.05, 0) is 13.3 Å². The van der Waals surface area contributed by atoms with Crippen molar-refractivity contribution in [1.82, 2.24) is 10.2 Å². The van der Waals surface area contributed by atoms with E-state index in [2.05, 4.69) is 26.1 Å². The van der Waals surface area contributed by atoms with Gasteiger partial charge in [0.2, 0.25) is 0 Å². The molecule has 1 heterocycles. The molecule has 0 radical (unpaired) electrons. The number of likely N-dealkylation sites (tertiary alicyclic amines) is 1. The summed E-state index contributed by atoms with van der Waals surface area (Å²) in [4.78, 5) is 13.4. The van der Waals surface area contributed by atoms with Crippen molar-refractivity contribution in [3.05, 3.63) is 0 Å². The number of nitrogens with one attached hydrogen (secondary N) is 1. The minimum absolute atomic E-state index is 0.0914. The molecule has 1 fully saturated rings. The number of nitrogens with zero attached hydrogens (tertiary/aromatic N) is 1. The molecule has 3 heteroatoms. The van der Waals surface area contributed by atoms with Gasteiger partial charge >= 0.3 is 6.03 Å². The highest BCUT2D eigenvalue weighted by Gasteiger charge is 2.37. The van der Waals surface area contributed by atoms with Crippen LogP contribution in [0.2, 0.25) is 0 Å². The number of carbonyl (C=O) groups is 1. The first-order valence-electron chi connectivity index (χ1n) is 5.00. The monoisotopic (exact) mass is 184 g/mol. The number of rotatable bonds is 2. The van der Waals surface area contributed by atoms with Gasteiger partial charge in [-0.3, -0.25) is 0 Å². The largest absolute Gasteiger partial charge is 0.336 e. The van der Waals surface area contributed by atoms with Gasteiger partial charge < -0.3 is 10.2 Å². The molecule has 1 saturated heterocycles. The highest BCUT2D eigenvalue weighted by Crippen LogP contribution is 2.28. The quantitative estimate of drug-likeness (QED) is 0.697. The van der Waals surface area contributed by atoms with E-state index in [1.807, 2.05) is 11.8 Å². The van der Waals surface area contributed by atoms with Crippen molar-refractivity contribution in [2.45, 2.75) is 40.2 Å². The molecule has 1 aliphatic rings. The van der Waals surface area contributed by atoms with Gasteiger partial charge in [-0.2, -0.15) is 0 Å². The standard InChI is InChI=1S/C10H20N2O/c1-5-8(2)11-9(13)12-6-10(3,4)7-12/h8H,5-7H2,1-4H3,(H,11,13). The molecule has 13 heavy (non-hydrogen) atoms. The van der Waals surface area contributed by atoms with Gasteiger partial charge in [-0.15, -0.1) is 0 Å². The van der Waals surface area contributed by atoms with Crippen molar-refractivity contribution in [2.24, 2.45) is 5.41 Å². The molecular formula is C10H20N2O. The summed E-state index contributed by atoms with van der Waals surface area (Å²) in [5, 5.41) is 2.96. The van der Waals surface area contributed by atoms with Crippen LogP contribution < -0.4 is 5.32 Å². The highest BCUT2D eigenvalue weighted by atomic mass is 16.2. The van der Waals surface area contributed by atoms with Crippen LogP contribution in [-0.4, -0.2) is 30.1 Å². The van der Waals surface area contributed by atoms with Crippen LogP contribution in [0.4, 0.5) is 4.79 Å². The van der Waals surface area contributed by atoms with E-state index in [4.69, 9.17) is 0 Å². The highest BCUT2D eigenvalue weighted by molar-refractivity contribution is 5.75. The molecule has 0 bridgehead atoms. The Balaban J connectivity index is 2.27. The van der Waals surface area contributed by atoms with Crippen LogP contribution in [0.5, 0.6) is 0 Å². The summed E-state index contributed by atoms with van der Waals surface area (Å²) >= 11 is 0. The minimum Gasteiger partial charge on any atom is -0.336 e. The molecule has 76 valence electrons. The fourth-order valence-electron chi connectivity index (χ4n) is 1.53. The first-order chi connectivity index (χ1) is 5.94. The van der Waals surface area contributed by atoms with Gasteiger partial charge in [-0.1, -0.05) is 20.8 Å². The maximum atomic E-state index is 11.5. The number of carbonyl (C=O) groups excluding carboxylic acids is 1. The van der Waals surface area contributed by atoms with Crippen molar-refractivity contribution in [1.29, 1.82) is 0 Å². The maximum absolute atomic E-state index is 11.5. The molecule has 0 saturated carbocycles. The van der Waals surface area contributed by atoms with Crippen LogP contribution >= 0.6 is 0 Å². The van der Waals surface area contributed by atoms with E-state index in [-0.39, 0.29) is 12.1 Å². The lowest BCUT2D eigenvalue weighted by Gasteiger charge is -2.45. The van der Waals surface area contributed by atoms with Crippen molar-refractivity contribution < 1.29 is 4.79 Å². The Kier molecular flexibility index (Phi) is 2.84. The van der Waals surface area contributed by atoms with Crippen LogP contribution in [0.25, 0.3) is 0 Å². The van der Waals surface area contributed by atoms with E-state index in [0.29, 0.717) is 5.41 Å². The smallest absolute Gasteiger partial charge is 0.317 e. The molecule has 1 rings (SSSR count). The van der Waals surface area contributed by atoms with E-state index in [1.54, 1.807) is 0 Å². The molecular weight excluding hydrogens is 164 g/mol. The zero-order chi connectivity index (χ0) is 10.1. The fraction of sp³-hybridized carbons (Fsp3) is 0.900. The van der Waals surface area contributed by atoms with Gasteiger partial charge in [0, 0.05) is 24.5 Å². The van der Waals surface area contributed by atoms with Crippen LogP contribution in [0.3, 0.4) is 0 Å². The molecule has 0 spiro atoms. The molecule has 1 aliphatic heterocycles. The first kappa shape index (κ1) is 10.4. The SMILES string of the molecule is CCC(C)NC(=O)N1CC(C)(C)C1. The van der Waals surface area contributed by atoms with Crippen LogP contribution in [0.15, 0.2) is 0 Å². The topological polar surface area (TPSA) is 32.3 Å².